The van der Waals surface area contributed by atoms with E-state index < -0.39 is 24.4 Å². The van der Waals surface area contributed by atoms with Crippen molar-refractivity contribution in [3.05, 3.63) is 0 Å². The Labute approximate surface area is 89.4 Å². The lowest BCUT2D eigenvalue weighted by molar-refractivity contribution is -0.147. The molecule has 4 unspecified atom stereocenters. The molecule has 0 aliphatic heterocycles. The van der Waals surface area contributed by atoms with Crippen LogP contribution in [0.15, 0.2) is 0 Å². The molecule has 0 fully saturated rings. The van der Waals surface area contributed by atoms with E-state index in [1.807, 2.05) is 0 Å². The van der Waals surface area contributed by atoms with Gasteiger partial charge in [0.15, 0.2) is 0 Å². The number of methoxy groups -OCH3 is 3. The van der Waals surface area contributed by atoms with E-state index in [1.165, 1.54) is 21.3 Å². The lowest BCUT2D eigenvalue weighted by atomic mass is 10.0. The van der Waals surface area contributed by atoms with Crippen LogP contribution in [0.2, 0.25) is 0 Å². The number of aliphatic hydroxyl groups is 3. The normalized spacial score (nSPS) is 19.6. The quantitative estimate of drug-likeness (QED) is 0.459. The monoisotopic (exact) mass is 224 g/mol. The fourth-order valence-electron chi connectivity index (χ4n) is 1.31. The Morgan fingerprint density at radius 1 is 1.07 bits per heavy atom. The van der Waals surface area contributed by atoms with Gasteiger partial charge in [-0.3, -0.25) is 0 Å². The van der Waals surface area contributed by atoms with E-state index in [2.05, 4.69) is 0 Å². The lowest BCUT2D eigenvalue weighted by Crippen LogP contribution is -2.49. The minimum absolute atomic E-state index is 0.0110. The Morgan fingerprint density at radius 2 is 1.67 bits per heavy atom. The van der Waals surface area contributed by atoms with Crippen molar-refractivity contribution in [1.82, 2.24) is 0 Å². The van der Waals surface area contributed by atoms with Crippen molar-refractivity contribution in [3.63, 3.8) is 0 Å². The van der Waals surface area contributed by atoms with Crippen molar-refractivity contribution < 1.29 is 29.5 Å². The third-order valence-electron chi connectivity index (χ3n) is 2.19. The first-order chi connectivity index (χ1) is 7.12. The van der Waals surface area contributed by atoms with Crippen LogP contribution in [-0.2, 0) is 14.2 Å². The van der Waals surface area contributed by atoms with E-state index in [0.29, 0.717) is 0 Å². The van der Waals surface area contributed by atoms with Crippen LogP contribution in [0.5, 0.6) is 0 Å². The maximum absolute atomic E-state index is 9.70. The molecule has 0 aromatic heterocycles. The standard InChI is InChI=1S/C9H20O6/c1-13-5-6(11)8(12)9(15-3)7(4-10)14-2/h6-12H,4-5H2,1-3H3. The highest BCUT2D eigenvalue weighted by Crippen LogP contribution is 2.11. The maximum atomic E-state index is 9.70. The highest BCUT2D eigenvalue weighted by Gasteiger charge is 2.32. The van der Waals surface area contributed by atoms with Gasteiger partial charge in [-0.05, 0) is 0 Å². The van der Waals surface area contributed by atoms with Crippen LogP contribution in [0.1, 0.15) is 0 Å². The second kappa shape index (κ2) is 7.98. The molecule has 0 heterocycles. The lowest BCUT2D eigenvalue weighted by Gasteiger charge is -2.30. The van der Waals surface area contributed by atoms with Crippen LogP contribution in [0.4, 0.5) is 0 Å². The molecule has 0 aliphatic carbocycles. The second-order valence-corrected chi connectivity index (χ2v) is 3.17. The van der Waals surface area contributed by atoms with Gasteiger partial charge in [-0.2, -0.15) is 0 Å². The highest BCUT2D eigenvalue weighted by molar-refractivity contribution is 4.82. The van der Waals surface area contributed by atoms with Gasteiger partial charge in [0.05, 0.1) is 13.2 Å². The molecule has 0 aromatic rings. The molecule has 15 heavy (non-hydrogen) atoms. The molecule has 3 N–H and O–H groups in total. The summed E-state index contributed by atoms with van der Waals surface area (Å²) in [5.41, 5.74) is 0. The summed E-state index contributed by atoms with van der Waals surface area (Å²) in [4.78, 5) is 0. The van der Waals surface area contributed by atoms with E-state index in [-0.39, 0.29) is 13.2 Å². The number of ether oxygens (including phenoxy) is 3. The van der Waals surface area contributed by atoms with Gasteiger partial charge in [-0.25, -0.2) is 0 Å². The van der Waals surface area contributed by atoms with Crippen LogP contribution in [0.3, 0.4) is 0 Å². The summed E-state index contributed by atoms with van der Waals surface area (Å²) >= 11 is 0. The van der Waals surface area contributed by atoms with Crippen LogP contribution >= 0.6 is 0 Å². The van der Waals surface area contributed by atoms with Crippen LogP contribution in [0, 0.1) is 0 Å². The zero-order valence-corrected chi connectivity index (χ0v) is 9.29. The molecule has 0 bridgehead atoms. The Hall–Kier alpha value is -0.240. The zero-order valence-electron chi connectivity index (χ0n) is 9.29. The van der Waals surface area contributed by atoms with Crippen molar-refractivity contribution in [1.29, 1.82) is 0 Å². The molecular formula is C9H20O6. The van der Waals surface area contributed by atoms with Gasteiger partial charge in [0.2, 0.25) is 0 Å². The molecule has 0 amide bonds. The van der Waals surface area contributed by atoms with Gasteiger partial charge in [0.1, 0.15) is 24.4 Å². The molecule has 0 aromatic carbocycles. The molecule has 0 saturated heterocycles. The van der Waals surface area contributed by atoms with Crippen molar-refractivity contribution >= 4 is 0 Å². The van der Waals surface area contributed by atoms with E-state index >= 15 is 0 Å². The number of hydrogen-bond acceptors (Lipinski definition) is 6. The number of rotatable bonds is 8. The average molecular weight is 224 g/mol. The summed E-state index contributed by atoms with van der Waals surface area (Å²) in [6.45, 7) is -0.311. The van der Waals surface area contributed by atoms with E-state index in [4.69, 9.17) is 19.3 Å². The Kier molecular flexibility index (Phi) is 7.85. The number of hydrogen-bond donors (Lipinski definition) is 3. The number of aliphatic hydroxyl groups excluding tert-OH is 3. The summed E-state index contributed by atoms with van der Waals surface area (Å²) in [5, 5.41) is 28.1. The molecule has 0 aliphatic rings. The predicted molar refractivity (Wildman–Crippen MR) is 52.6 cm³/mol. The fourth-order valence-corrected chi connectivity index (χ4v) is 1.31. The molecular weight excluding hydrogens is 204 g/mol. The van der Waals surface area contributed by atoms with E-state index in [9.17, 15) is 10.2 Å². The van der Waals surface area contributed by atoms with Crippen molar-refractivity contribution in [2.24, 2.45) is 0 Å². The highest BCUT2D eigenvalue weighted by atomic mass is 16.5. The molecule has 4 atom stereocenters. The second-order valence-electron chi connectivity index (χ2n) is 3.17. The molecule has 92 valence electrons. The Morgan fingerprint density at radius 3 is 2.00 bits per heavy atom. The van der Waals surface area contributed by atoms with Crippen LogP contribution < -0.4 is 0 Å². The summed E-state index contributed by atoms with van der Waals surface area (Å²) in [6, 6.07) is 0. The van der Waals surface area contributed by atoms with Crippen molar-refractivity contribution in [3.8, 4) is 0 Å². The summed E-state index contributed by atoms with van der Waals surface area (Å²) < 4.78 is 14.6. The van der Waals surface area contributed by atoms with Crippen LogP contribution in [-0.4, -0.2) is 74.3 Å². The first-order valence-electron chi connectivity index (χ1n) is 4.63. The van der Waals surface area contributed by atoms with E-state index in [1.54, 1.807) is 0 Å². The minimum Gasteiger partial charge on any atom is -0.394 e. The molecule has 6 heteroatoms. The third-order valence-corrected chi connectivity index (χ3v) is 2.19. The Balaban J connectivity index is 4.36. The first-order valence-corrected chi connectivity index (χ1v) is 4.63. The van der Waals surface area contributed by atoms with Gasteiger partial charge < -0.3 is 29.5 Å². The SMILES string of the molecule is COCC(O)C(O)C(OC)C(CO)OC. The third kappa shape index (κ3) is 4.42. The fraction of sp³-hybridized carbons (Fsp3) is 1.00. The van der Waals surface area contributed by atoms with Crippen molar-refractivity contribution in [2.45, 2.75) is 24.4 Å². The van der Waals surface area contributed by atoms with E-state index in [0.717, 1.165) is 0 Å². The van der Waals surface area contributed by atoms with Gasteiger partial charge >= 0.3 is 0 Å². The summed E-state index contributed by atoms with van der Waals surface area (Å²) in [6.07, 6.45) is -3.74. The molecule has 0 rings (SSSR count). The smallest absolute Gasteiger partial charge is 0.114 e. The van der Waals surface area contributed by atoms with Gasteiger partial charge in [-0.15, -0.1) is 0 Å². The molecule has 0 radical (unpaired) electrons. The topological polar surface area (TPSA) is 88.4 Å². The summed E-state index contributed by atoms with van der Waals surface area (Å²) in [5.74, 6) is 0. The van der Waals surface area contributed by atoms with Crippen LogP contribution in [0.25, 0.3) is 0 Å². The van der Waals surface area contributed by atoms with Gasteiger partial charge in [0, 0.05) is 21.3 Å². The molecule has 6 nitrogen and oxygen atoms in total. The van der Waals surface area contributed by atoms with Gasteiger partial charge in [0.25, 0.3) is 0 Å². The van der Waals surface area contributed by atoms with Crippen molar-refractivity contribution in [2.75, 3.05) is 34.5 Å². The zero-order chi connectivity index (χ0) is 11.8. The molecule has 0 saturated carbocycles. The Bertz CT molecular complexity index is 150. The predicted octanol–water partition coefficient (Wildman–Crippen LogP) is -1.62. The van der Waals surface area contributed by atoms with Gasteiger partial charge in [-0.1, -0.05) is 0 Å². The average Bonchev–Trinajstić information content (AvgIpc) is 2.25. The maximum Gasteiger partial charge on any atom is 0.114 e. The minimum atomic E-state index is -1.17. The first kappa shape index (κ1) is 14.8. The molecule has 0 spiro atoms. The largest absolute Gasteiger partial charge is 0.394 e. The summed E-state index contributed by atoms with van der Waals surface area (Å²) in [7, 11) is 4.18.